The largest absolute Gasteiger partial charge is 0.389 e. The summed E-state index contributed by atoms with van der Waals surface area (Å²) in [5.74, 6) is 0.0276. The summed E-state index contributed by atoms with van der Waals surface area (Å²) in [5, 5.41) is 2.90. The van der Waals surface area contributed by atoms with Crippen molar-refractivity contribution in [1.82, 2.24) is 4.90 Å². The predicted molar refractivity (Wildman–Crippen MR) is 90.4 cm³/mol. The molecule has 0 saturated carbocycles. The second kappa shape index (κ2) is 6.54. The monoisotopic (exact) mass is 305 g/mol. The molecule has 1 fully saturated rings. The van der Waals surface area contributed by atoms with E-state index in [1.165, 1.54) is 6.42 Å². The lowest BCUT2D eigenvalue weighted by molar-refractivity contribution is -0.116. The van der Waals surface area contributed by atoms with E-state index < -0.39 is 0 Å². The van der Waals surface area contributed by atoms with Crippen molar-refractivity contribution in [1.29, 1.82) is 0 Å². The van der Waals surface area contributed by atoms with Crippen LogP contribution in [-0.4, -0.2) is 35.4 Å². The Labute approximate surface area is 131 Å². The molecule has 1 amide bonds. The number of anilines is 1. The second-order valence-corrected chi connectivity index (χ2v) is 6.87. The summed E-state index contributed by atoms with van der Waals surface area (Å²) >= 11 is 4.94. The highest BCUT2D eigenvalue weighted by molar-refractivity contribution is 7.80. The molecule has 2 rings (SSSR count). The Morgan fingerprint density at radius 3 is 2.86 bits per heavy atom. The van der Waals surface area contributed by atoms with Crippen molar-refractivity contribution in [2.45, 2.75) is 26.7 Å². The van der Waals surface area contributed by atoms with E-state index in [1.807, 2.05) is 18.2 Å². The zero-order valence-electron chi connectivity index (χ0n) is 12.7. The first-order chi connectivity index (χ1) is 9.85. The number of nitrogens with two attached hydrogens (primary N) is 1. The van der Waals surface area contributed by atoms with Crippen LogP contribution in [0.5, 0.6) is 0 Å². The van der Waals surface area contributed by atoms with Gasteiger partial charge >= 0.3 is 0 Å². The molecule has 0 aliphatic carbocycles. The molecule has 0 spiro atoms. The normalized spacial score (nSPS) is 17.6. The predicted octanol–water partition coefficient (Wildman–Crippen LogP) is 2.38. The van der Waals surface area contributed by atoms with Gasteiger partial charge < -0.3 is 16.0 Å². The number of thiocarbonyl (C=S) groups is 1. The van der Waals surface area contributed by atoms with E-state index in [1.54, 1.807) is 6.07 Å². The highest BCUT2D eigenvalue weighted by atomic mass is 32.1. The van der Waals surface area contributed by atoms with Gasteiger partial charge in [0.25, 0.3) is 0 Å². The lowest BCUT2D eigenvalue weighted by Gasteiger charge is -2.19. The number of hydrogen-bond donors (Lipinski definition) is 2. The highest BCUT2D eigenvalue weighted by Gasteiger charge is 2.28. The standard InChI is InChI=1S/C16H23N3OS/c1-16(2)7-9-19(11-16)8-6-14(20)18-13-5-3-4-12(10-13)15(17)21/h3-5,10H,6-9,11H2,1-2H3,(H2,17,21)(H,18,20). The van der Waals surface area contributed by atoms with Crippen LogP contribution in [0.1, 0.15) is 32.3 Å². The van der Waals surface area contributed by atoms with Gasteiger partial charge in [0, 0.05) is 30.8 Å². The SMILES string of the molecule is CC1(C)CCN(CCC(=O)Nc2cccc(C(N)=S)c2)C1. The number of likely N-dealkylation sites (tertiary alicyclic amines) is 1. The molecule has 1 aliphatic heterocycles. The first kappa shape index (κ1) is 15.9. The van der Waals surface area contributed by atoms with Crippen LogP contribution in [0.3, 0.4) is 0 Å². The molecule has 1 heterocycles. The summed E-state index contributed by atoms with van der Waals surface area (Å²) in [6.45, 7) is 7.50. The van der Waals surface area contributed by atoms with Crippen molar-refractivity contribution in [3.05, 3.63) is 29.8 Å². The molecule has 0 aromatic heterocycles. The third kappa shape index (κ3) is 4.79. The number of rotatable bonds is 5. The maximum absolute atomic E-state index is 12.0. The molecule has 1 aromatic carbocycles. The van der Waals surface area contributed by atoms with Gasteiger partial charge in [-0.05, 0) is 30.5 Å². The average Bonchev–Trinajstić information content (AvgIpc) is 2.76. The maximum Gasteiger partial charge on any atom is 0.225 e. The van der Waals surface area contributed by atoms with Gasteiger partial charge in [-0.15, -0.1) is 0 Å². The summed E-state index contributed by atoms with van der Waals surface area (Å²) < 4.78 is 0. The van der Waals surface area contributed by atoms with Crippen molar-refractivity contribution in [3.63, 3.8) is 0 Å². The molecular weight excluding hydrogens is 282 g/mol. The van der Waals surface area contributed by atoms with Crippen molar-refractivity contribution >= 4 is 28.8 Å². The molecule has 0 unspecified atom stereocenters. The third-order valence-corrected chi connectivity index (χ3v) is 4.08. The Bertz CT molecular complexity index is 542. The molecule has 0 radical (unpaired) electrons. The molecule has 0 atom stereocenters. The Kier molecular flexibility index (Phi) is 4.96. The van der Waals surface area contributed by atoms with E-state index >= 15 is 0 Å². The van der Waals surface area contributed by atoms with Crippen LogP contribution in [-0.2, 0) is 4.79 Å². The van der Waals surface area contributed by atoms with E-state index in [2.05, 4.69) is 24.1 Å². The maximum atomic E-state index is 12.0. The fourth-order valence-electron chi connectivity index (χ4n) is 2.65. The van der Waals surface area contributed by atoms with Gasteiger partial charge in [-0.3, -0.25) is 4.79 Å². The minimum atomic E-state index is 0.0276. The van der Waals surface area contributed by atoms with Crippen LogP contribution in [0.15, 0.2) is 24.3 Å². The minimum absolute atomic E-state index is 0.0276. The van der Waals surface area contributed by atoms with Crippen LogP contribution in [0.4, 0.5) is 5.69 Å². The summed E-state index contributed by atoms with van der Waals surface area (Å²) in [6, 6.07) is 7.33. The van der Waals surface area contributed by atoms with Crippen molar-refractivity contribution in [3.8, 4) is 0 Å². The van der Waals surface area contributed by atoms with Gasteiger partial charge in [-0.1, -0.05) is 38.2 Å². The van der Waals surface area contributed by atoms with E-state index in [4.69, 9.17) is 18.0 Å². The van der Waals surface area contributed by atoms with E-state index in [-0.39, 0.29) is 5.91 Å². The quantitative estimate of drug-likeness (QED) is 0.820. The molecular formula is C16H23N3OS. The number of carbonyl (C=O) groups excluding carboxylic acids is 1. The van der Waals surface area contributed by atoms with E-state index in [0.717, 1.165) is 30.9 Å². The molecule has 114 valence electrons. The van der Waals surface area contributed by atoms with Crippen LogP contribution >= 0.6 is 12.2 Å². The van der Waals surface area contributed by atoms with Crippen molar-refractivity contribution in [2.24, 2.45) is 11.1 Å². The molecule has 21 heavy (non-hydrogen) atoms. The Morgan fingerprint density at radius 1 is 1.48 bits per heavy atom. The summed E-state index contributed by atoms with van der Waals surface area (Å²) in [5.41, 5.74) is 7.48. The lowest BCUT2D eigenvalue weighted by Crippen LogP contribution is -2.27. The van der Waals surface area contributed by atoms with Gasteiger partial charge in [0.2, 0.25) is 5.91 Å². The lowest BCUT2D eigenvalue weighted by atomic mass is 9.93. The molecule has 3 N–H and O–H groups in total. The van der Waals surface area contributed by atoms with Gasteiger partial charge in [0.05, 0.1) is 0 Å². The molecule has 1 aliphatic rings. The van der Waals surface area contributed by atoms with Crippen LogP contribution in [0.25, 0.3) is 0 Å². The number of carbonyl (C=O) groups is 1. The first-order valence-corrected chi connectivity index (χ1v) is 7.69. The molecule has 4 nitrogen and oxygen atoms in total. The number of benzene rings is 1. The second-order valence-electron chi connectivity index (χ2n) is 6.43. The summed E-state index contributed by atoms with van der Waals surface area (Å²) in [6.07, 6.45) is 1.71. The number of nitrogens with one attached hydrogen (secondary N) is 1. The smallest absolute Gasteiger partial charge is 0.225 e. The van der Waals surface area contributed by atoms with Crippen LogP contribution in [0.2, 0.25) is 0 Å². The zero-order chi connectivity index (χ0) is 15.5. The van der Waals surface area contributed by atoms with E-state index in [9.17, 15) is 4.79 Å². The Hall–Kier alpha value is -1.46. The van der Waals surface area contributed by atoms with Crippen LogP contribution < -0.4 is 11.1 Å². The molecule has 0 bridgehead atoms. The van der Waals surface area contributed by atoms with Gasteiger partial charge in [0.15, 0.2) is 0 Å². The number of hydrogen-bond acceptors (Lipinski definition) is 3. The van der Waals surface area contributed by atoms with Gasteiger partial charge in [-0.25, -0.2) is 0 Å². The Balaban J connectivity index is 1.82. The number of nitrogens with zero attached hydrogens (tertiary/aromatic N) is 1. The molecule has 1 aromatic rings. The topological polar surface area (TPSA) is 58.4 Å². The molecule has 1 saturated heterocycles. The van der Waals surface area contributed by atoms with Gasteiger partial charge in [0.1, 0.15) is 4.99 Å². The fraction of sp³-hybridized carbons (Fsp3) is 0.500. The third-order valence-electron chi connectivity index (χ3n) is 3.84. The Morgan fingerprint density at radius 2 is 2.24 bits per heavy atom. The molecule has 5 heteroatoms. The van der Waals surface area contributed by atoms with Crippen molar-refractivity contribution in [2.75, 3.05) is 25.0 Å². The zero-order valence-corrected chi connectivity index (χ0v) is 13.5. The first-order valence-electron chi connectivity index (χ1n) is 7.28. The summed E-state index contributed by atoms with van der Waals surface area (Å²) in [7, 11) is 0. The van der Waals surface area contributed by atoms with Crippen LogP contribution in [0, 0.1) is 5.41 Å². The van der Waals surface area contributed by atoms with E-state index in [0.29, 0.717) is 16.8 Å². The van der Waals surface area contributed by atoms with Crippen molar-refractivity contribution < 1.29 is 4.79 Å². The minimum Gasteiger partial charge on any atom is -0.389 e. The fourth-order valence-corrected chi connectivity index (χ4v) is 2.78. The highest BCUT2D eigenvalue weighted by Crippen LogP contribution is 2.28. The summed E-state index contributed by atoms with van der Waals surface area (Å²) in [4.78, 5) is 14.7. The number of amides is 1. The van der Waals surface area contributed by atoms with Gasteiger partial charge in [-0.2, -0.15) is 0 Å². The average molecular weight is 305 g/mol.